The summed E-state index contributed by atoms with van der Waals surface area (Å²) in [6.07, 6.45) is 8.33. The number of hydrogen-bond donors (Lipinski definition) is 5. The third-order valence-electron chi connectivity index (χ3n) is 7.09. The summed E-state index contributed by atoms with van der Waals surface area (Å²) >= 11 is 0. The number of carboxylic acid groups (broad SMARTS) is 2. The molecule has 4 aliphatic heterocycles. The summed E-state index contributed by atoms with van der Waals surface area (Å²) in [6, 6.07) is 6.83. The highest BCUT2D eigenvalue weighted by atomic mass is 16.7. The quantitative estimate of drug-likeness (QED) is 0.118. The number of aromatic carboxylic acids is 2. The fourth-order valence-corrected chi connectivity index (χ4v) is 4.45. The predicted octanol–water partition coefficient (Wildman–Crippen LogP) is 0.946. The van der Waals surface area contributed by atoms with Crippen molar-refractivity contribution in [3.63, 3.8) is 0 Å². The summed E-state index contributed by atoms with van der Waals surface area (Å²) in [5, 5.41) is 26.4. The highest BCUT2D eigenvalue weighted by Crippen LogP contribution is 2.20. The number of ether oxygens (including phenoxy) is 1. The second kappa shape index (κ2) is 20.8. The molecule has 0 atom stereocenters. The third-order valence-corrected chi connectivity index (χ3v) is 7.09. The average Bonchev–Trinajstić information content (AvgIpc) is 3.96. The lowest BCUT2D eigenvalue weighted by Crippen LogP contribution is -2.33. The zero-order chi connectivity index (χ0) is 42.1. The molecule has 2 aromatic carbocycles. The van der Waals surface area contributed by atoms with Crippen LogP contribution in [-0.4, -0.2) is 103 Å². The highest BCUT2D eigenvalue weighted by molar-refractivity contribution is 6.05. The van der Waals surface area contributed by atoms with Crippen molar-refractivity contribution in [3.8, 4) is 12.8 Å². The first kappa shape index (κ1) is 42.2. The summed E-state index contributed by atoms with van der Waals surface area (Å²) in [6.45, 7) is 2.00. The van der Waals surface area contributed by atoms with E-state index in [-0.39, 0.29) is 77.2 Å². The topological polar surface area (TPSA) is 321 Å². The summed E-state index contributed by atoms with van der Waals surface area (Å²) in [5.74, 6) is -8.24. The van der Waals surface area contributed by atoms with Gasteiger partial charge in [0.2, 0.25) is 0 Å². The fraction of sp³-hybridized carbons (Fsp3) is 0.294. The molecule has 0 spiro atoms. The molecule has 2 aromatic rings. The second-order valence-corrected chi connectivity index (χ2v) is 11.1. The van der Waals surface area contributed by atoms with Crippen LogP contribution in [0.1, 0.15) is 94.2 Å². The first-order valence-corrected chi connectivity index (χ1v) is 15.8. The minimum absolute atomic E-state index is 0.0189. The molecular formula is C34H35N5O16. The van der Waals surface area contributed by atoms with Gasteiger partial charge in [-0.15, -0.1) is 22.9 Å². The van der Waals surface area contributed by atoms with Crippen LogP contribution in [0, 0.1) is 12.8 Å². The summed E-state index contributed by atoms with van der Waals surface area (Å²) in [7, 11) is 0. The number of anilines is 2. The van der Waals surface area contributed by atoms with Crippen LogP contribution in [0.4, 0.5) is 11.4 Å². The lowest BCUT2D eigenvalue weighted by Gasteiger charge is -2.14. The van der Waals surface area contributed by atoms with E-state index in [4.69, 9.17) is 42.7 Å². The number of nitrogens with zero attached hydrogens (tertiary/aromatic N) is 3. The van der Waals surface area contributed by atoms with Crippen LogP contribution in [-0.2, 0) is 43.2 Å². The van der Waals surface area contributed by atoms with Gasteiger partial charge in [0.05, 0.1) is 22.3 Å². The standard InChI is InChI=1S/C16H13N3O8.C8H7NO4.C4H5NO3.C4H8O.C2H2/c17-10-6-8(15(24)26-18-11(20)1-2-12(18)21)5-9(7-10)16(25)27-19-13(22)3-4-14(19)23;9-6-2-4(7(10)11)1-5(3-6)8(12)13;6-3-1-2-4(7)5(3)8;1-2-4-5-3-1;1-2/h5-7H,1-4,17H2;1-3H,9H2,(H,10,11)(H,12,13);8H,1-2H2;1-4H2;1-2H/i;;;;1D. The Morgan fingerprint density at radius 2 is 0.891 bits per heavy atom. The monoisotopic (exact) mass is 770 g/mol. The molecule has 0 bridgehead atoms. The molecule has 0 saturated carbocycles. The Kier molecular flexibility index (Phi) is 15.9. The van der Waals surface area contributed by atoms with Gasteiger partial charge in [0.1, 0.15) is 1.37 Å². The van der Waals surface area contributed by atoms with E-state index in [1.165, 1.54) is 31.4 Å². The van der Waals surface area contributed by atoms with E-state index in [0.717, 1.165) is 37.5 Å². The minimum atomic E-state index is -1.20. The molecule has 4 fully saturated rings. The number of nitrogen functional groups attached to an aromatic ring is 2. The number of hydroxylamine groups is 6. The number of imide groups is 3. The van der Waals surface area contributed by atoms with Crippen molar-refractivity contribution in [2.24, 2.45) is 0 Å². The molecule has 55 heavy (non-hydrogen) atoms. The highest BCUT2D eigenvalue weighted by Gasteiger charge is 2.35. The van der Waals surface area contributed by atoms with Gasteiger partial charge in [0.15, 0.2) is 0 Å². The molecule has 4 aliphatic rings. The Labute approximate surface area is 312 Å². The SMILES string of the molecule is C1CCOC1.Nc1cc(C(=O)O)cc(C(=O)O)c1.Nc1cc(C(=O)ON2C(=O)CCC2=O)cc(C(=O)ON2C(=O)CCC2=O)c1.O=C1CCC(=O)N1O.[2H]C#C. The van der Waals surface area contributed by atoms with E-state index >= 15 is 0 Å². The smallest absolute Gasteiger partial charge is 0.364 e. The Bertz CT molecular complexity index is 1780. The van der Waals surface area contributed by atoms with Crippen molar-refractivity contribution < 1.29 is 79.1 Å². The van der Waals surface area contributed by atoms with Crippen molar-refractivity contribution in [2.75, 3.05) is 24.7 Å². The van der Waals surface area contributed by atoms with Gasteiger partial charge >= 0.3 is 23.9 Å². The zero-order valence-corrected chi connectivity index (χ0v) is 28.8. The van der Waals surface area contributed by atoms with Crippen LogP contribution in [0.5, 0.6) is 0 Å². The molecule has 0 radical (unpaired) electrons. The number of hydrogen-bond acceptors (Lipinski definition) is 16. The lowest BCUT2D eigenvalue weighted by molar-refractivity contribution is -0.173. The summed E-state index contributed by atoms with van der Waals surface area (Å²) in [5.41, 5.74) is 10.4. The van der Waals surface area contributed by atoms with Crippen LogP contribution in [0.25, 0.3) is 0 Å². The van der Waals surface area contributed by atoms with Gasteiger partial charge in [-0.25, -0.2) is 19.2 Å². The Morgan fingerprint density at radius 3 is 1.15 bits per heavy atom. The Morgan fingerprint density at radius 1 is 0.600 bits per heavy atom. The molecule has 0 unspecified atom stereocenters. The van der Waals surface area contributed by atoms with E-state index in [0.29, 0.717) is 10.1 Å². The van der Waals surface area contributed by atoms with Crippen LogP contribution < -0.4 is 11.5 Å². The van der Waals surface area contributed by atoms with E-state index in [2.05, 4.69) is 6.42 Å². The van der Waals surface area contributed by atoms with Crippen LogP contribution >= 0.6 is 0 Å². The Balaban J connectivity index is 0.000000305. The number of terminal acetylenes is 1. The van der Waals surface area contributed by atoms with Gasteiger partial charge in [0.25, 0.3) is 35.4 Å². The van der Waals surface area contributed by atoms with Gasteiger partial charge in [-0.2, -0.15) is 5.06 Å². The van der Waals surface area contributed by atoms with Crippen LogP contribution in [0.15, 0.2) is 36.4 Å². The largest absolute Gasteiger partial charge is 0.478 e. The number of amides is 6. The molecule has 0 aromatic heterocycles. The molecule has 21 heteroatoms. The average molecular weight is 771 g/mol. The molecule has 7 N–H and O–H groups in total. The summed E-state index contributed by atoms with van der Waals surface area (Å²) in [4.78, 5) is 121. The maximum atomic E-state index is 12.2. The molecule has 6 rings (SSSR count). The third kappa shape index (κ3) is 13.1. The number of carbonyl (C=O) groups is 10. The number of carbonyl (C=O) groups excluding carboxylic acids is 8. The van der Waals surface area contributed by atoms with Crippen molar-refractivity contribution in [1.82, 2.24) is 15.2 Å². The molecule has 4 heterocycles. The fourth-order valence-electron chi connectivity index (χ4n) is 4.45. The maximum Gasteiger partial charge on any atom is 0.364 e. The van der Waals surface area contributed by atoms with E-state index < -0.39 is 59.3 Å². The lowest BCUT2D eigenvalue weighted by atomic mass is 10.1. The van der Waals surface area contributed by atoms with Gasteiger partial charge in [-0.05, 0) is 49.2 Å². The number of nitrogens with two attached hydrogens (primary N) is 2. The van der Waals surface area contributed by atoms with Crippen LogP contribution in [0.3, 0.4) is 0 Å². The van der Waals surface area contributed by atoms with Gasteiger partial charge in [-0.3, -0.25) is 34.0 Å². The normalized spacial score (nSPS) is 15.9. The predicted molar refractivity (Wildman–Crippen MR) is 181 cm³/mol. The van der Waals surface area contributed by atoms with Crippen molar-refractivity contribution in [3.05, 3.63) is 58.7 Å². The number of benzene rings is 2. The maximum absolute atomic E-state index is 12.2. The molecular weight excluding hydrogens is 734 g/mol. The molecule has 21 nitrogen and oxygen atoms in total. The first-order chi connectivity index (χ1) is 26.4. The molecule has 292 valence electrons. The second-order valence-electron chi connectivity index (χ2n) is 11.1. The van der Waals surface area contributed by atoms with Crippen LogP contribution in [0.2, 0.25) is 0 Å². The van der Waals surface area contributed by atoms with Gasteiger partial charge in [-0.1, -0.05) is 0 Å². The molecule has 4 saturated heterocycles. The first-order valence-electron chi connectivity index (χ1n) is 16.3. The Hall–Kier alpha value is -7.18. The van der Waals surface area contributed by atoms with E-state index in [1.54, 1.807) is 0 Å². The van der Waals surface area contributed by atoms with Gasteiger partial charge < -0.3 is 36.1 Å². The zero-order valence-electron chi connectivity index (χ0n) is 29.8. The van der Waals surface area contributed by atoms with Crippen molar-refractivity contribution >= 4 is 70.7 Å². The van der Waals surface area contributed by atoms with Gasteiger partial charge in [0, 0.05) is 63.1 Å². The van der Waals surface area contributed by atoms with Crippen molar-refractivity contribution in [1.29, 1.82) is 0 Å². The van der Waals surface area contributed by atoms with E-state index in [1.807, 2.05) is 0 Å². The van der Waals surface area contributed by atoms with Crippen molar-refractivity contribution in [2.45, 2.75) is 51.4 Å². The summed E-state index contributed by atoms with van der Waals surface area (Å²) < 4.78 is 10.7. The molecule has 6 amide bonds. The van der Waals surface area contributed by atoms with E-state index in [9.17, 15) is 47.9 Å². The minimum Gasteiger partial charge on any atom is -0.478 e. The molecule has 0 aliphatic carbocycles. The number of carboxylic acids is 2. The number of rotatable bonds is 6.